The van der Waals surface area contributed by atoms with E-state index in [-0.39, 0.29) is 36.2 Å². The number of likely N-dealkylation sites (N-methyl/N-ethyl adjacent to an activating group) is 1. The van der Waals surface area contributed by atoms with Crippen molar-refractivity contribution in [2.24, 2.45) is 0 Å². The lowest BCUT2D eigenvalue weighted by atomic mass is 10.2. The lowest BCUT2D eigenvalue weighted by Crippen LogP contribution is -2.30. The summed E-state index contributed by atoms with van der Waals surface area (Å²) in [5.41, 5.74) is 0.747. The summed E-state index contributed by atoms with van der Waals surface area (Å²) in [5, 5.41) is 2.75. The lowest BCUT2D eigenvalue weighted by Gasteiger charge is -2.10. The monoisotopic (exact) mass is 430 g/mol. The maximum atomic E-state index is 12.1. The van der Waals surface area contributed by atoms with Gasteiger partial charge in [-0.1, -0.05) is 11.6 Å². The van der Waals surface area contributed by atoms with E-state index in [0.29, 0.717) is 10.0 Å². The number of carbonyl (C=O) groups is 3. The van der Waals surface area contributed by atoms with Crippen LogP contribution in [0.5, 0.6) is 5.75 Å². The number of hydrogen-bond donors (Lipinski definition) is 1. The van der Waals surface area contributed by atoms with Crippen LogP contribution >= 0.6 is 27.5 Å². The van der Waals surface area contributed by atoms with Gasteiger partial charge in [0.25, 0.3) is 5.91 Å². The molecule has 9 heteroatoms. The maximum absolute atomic E-state index is 12.1. The molecule has 2 rings (SSSR count). The molecule has 1 aromatic carbocycles. The molecule has 1 saturated heterocycles. The summed E-state index contributed by atoms with van der Waals surface area (Å²) in [7, 11) is 0. The smallest absolute Gasteiger partial charge is 0.344 e. The van der Waals surface area contributed by atoms with Crippen LogP contribution in [0.3, 0.4) is 0 Å². The van der Waals surface area contributed by atoms with Crippen molar-refractivity contribution in [1.82, 2.24) is 10.2 Å². The van der Waals surface area contributed by atoms with Gasteiger partial charge in [-0.3, -0.25) is 9.69 Å². The van der Waals surface area contributed by atoms with E-state index < -0.39 is 17.9 Å². The molecule has 0 spiro atoms. The number of rotatable bonds is 6. The topological polar surface area (TPSA) is 84.9 Å². The highest BCUT2D eigenvalue weighted by Crippen LogP contribution is 2.35. The van der Waals surface area contributed by atoms with Crippen LogP contribution in [0, 0.1) is 0 Å². The number of esters is 1. The van der Waals surface area contributed by atoms with Gasteiger partial charge in [0.05, 0.1) is 16.1 Å². The third-order valence-corrected chi connectivity index (χ3v) is 4.12. The van der Waals surface area contributed by atoms with Crippen molar-refractivity contribution in [3.63, 3.8) is 0 Å². The van der Waals surface area contributed by atoms with Crippen LogP contribution in [0.15, 0.2) is 22.3 Å². The summed E-state index contributed by atoms with van der Waals surface area (Å²) >= 11 is 9.50. The molecule has 1 heterocycles. The summed E-state index contributed by atoms with van der Waals surface area (Å²) in [6.07, 6.45) is 1.52. The van der Waals surface area contributed by atoms with Crippen LogP contribution in [-0.2, 0) is 14.3 Å². The van der Waals surface area contributed by atoms with Gasteiger partial charge in [-0.05, 0) is 53.5 Å². The van der Waals surface area contributed by atoms with Crippen molar-refractivity contribution < 1.29 is 23.9 Å². The number of nitrogens with zero attached hydrogens (tertiary/aromatic N) is 1. The molecular formula is C16H16BrClN2O5. The van der Waals surface area contributed by atoms with Gasteiger partial charge in [-0.25, -0.2) is 9.59 Å². The first-order chi connectivity index (χ1) is 11.9. The first-order valence-electron chi connectivity index (χ1n) is 7.49. The third kappa shape index (κ3) is 4.52. The number of urea groups is 1. The van der Waals surface area contributed by atoms with Crippen LogP contribution in [0.2, 0.25) is 5.02 Å². The van der Waals surface area contributed by atoms with Gasteiger partial charge >= 0.3 is 12.0 Å². The van der Waals surface area contributed by atoms with Crippen LogP contribution in [0.1, 0.15) is 19.4 Å². The lowest BCUT2D eigenvalue weighted by molar-refractivity contribution is -0.145. The first kappa shape index (κ1) is 19.3. The standard InChI is InChI=1S/C16H16BrClN2O5/c1-3-20-15(22)12(19-16(20)23)7-9-5-10(17)14(11(18)6-9)25-8-13(21)24-4-2/h5-7H,3-4,8H2,1-2H3,(H,19,23)/b12-7+. The molecule has 1 aliphatic heterocycles. The minimum absolute atomic E-state index is 0.162. The van der Waals surface area contributed by atoms with Gasteiger partial charge in [0, 0.05) is 6.54 Å². The Labute approximate surface area is 158 Å². The van der Waals surface area contributed by atoms with E-state index in [4.69, 9.17) is 21.1 Å². The molecule has 0 radical (unpaired) electrons. The number of carbonyl (C=O) groups excluding carboxylic acids is 3. The Bertz CT molecular complexity index is 727. The highest BCUT2D eigenvalue weighted by atomic mass is 79.9. The average molecular weight is 432 g/mol. The van der Waals surface area contributed by atoms with Crippen molar-refractivity contribution in [2.75, 3.05) is 19.8 Å². The maximum Gasteiger partial charge on any atom is 0.344 e. The van der Waals surface area contributed by atoms with E-state index >= 15 is 0 Å². The van der Waals surface area contributed by atoms with Gasteiger partial charge in [-0.2, -0.15) is 0 Å². The molecule has 1 N–H and O–H groups in total. The van der Waals surface area contributed by atoms with Crippen LogP contribution in [0.25, 0.3) is 6.08 Å². The fraction of sp³-hybridized carbons (Fsp3) is 0.312. The Kier molecular flexibility index (Phi) is 6.44. The zero-order chi connectivity index (χ0) is 18.6. The van der Waals surface area contributed by atoms with Crippen molar-refractivity contribution in [1.29, 1.82) is 0 Å². The predicted octanol–water partition coefficient (Wildman–Crippen LogP) is 2.96. The minimum Gasteiger partial charge on any atom is -0.479 e. The quantitative estimate of drug-likeness (QED) is 0.425. The van der Waals surface area contributed by atoms with Gasteiger partial charge < -0.3 is 14.8 Å². The van der Waals surface area contributed by atoms with Crippen molar-refractivity contribution in [2.45, 2.75) is 13.8 Å². The molecule has 1 fully saturated rings. The molecule has 0 atom stereocenters. The SMILES string of the molecule is CCOC(=O)COc1c(Cl)cc(/C=C2/NC(=O)N(CC)C2=O)cc1Br. The van der Waals surface area contributed by atoms with E-state index in [9.17, 15) is 14.4 Å². The fourth-order valence-corrected chi connectivity index (χ4v) is 3.15. The van der Waals surface area contributed by atoms with Gasteiger partial charge in [-0.15, -0.1) is 0 Å². The number of imide groups is 1. The second-order valence-electron chi connectivity index (χ2n) is 4.94. The van der Waals surface area contributed by atoms with E-state index in [1.807, 2.05) is 0 Å². The molecule has 0 saturated carbocycles. The summed E-state index contributed by atoms with van der Waals surface area (Å²) in [4.78, 5) is 36.2. The second-order valence-corrected chi connectivity index (χ2v) is 6.21. The molecule has 0 aromatic heterocycles. The summed E-state index contributed by atoms with van der Waals surface area (Å²) in [6.45, 7) is 3.69. The van der Waals surface area contributed by atoms with E-state index in [2.05, 4.69) is 21.2 Å². The molecule has 0 unspecified atom stereocenters. The highest BCUT2D eigenvalue weighted by molar-refractivity contribution is 9.10. The molecule has 1 aliphatic rings. The number of halogens is 2. The Morgan fingerprint density at radius 3 is 2.64 bits per heavy atom. The summed E-state index contributed by atoms with van der Waals surface area (Å²) in [6, 6.07) is 2.76. The molecule has 0 aliphatic carbocycles. The van der Waals surface area contributed by atoms with Crippen molar-refractivity contribution in [3.8, 4) is 5.75 Å². The van der Waals surface area contributed by atoms with Crippen LogP contribution < -0.4 is 10.1 Å². The van der Waals surface area contributed by atoms with Gasteiger partial charge in [0.15, 0.2) is 12.4 Å². The van der Waals surface area contributed by atoms with Crippen molar-refractivity contribution in [3.05, 3.63) is 32.9 Å². The Morgan fingerprint density at radius 1 is 1.36 bits per heavy atom. The first-order valence-corrected chi connectivity index (χ1v) is 8.66. The zero-order valence-electron chi connectivity index (χ0n) is 13.6. The largest absolute Gasteiger partial charge is 0.479 e. The Morgan fingerprint density at radius 2 is 2.08 bits per heavy atom. The average Bonchev–Trinajstić information content (AvgIpc) is 2.80. The zero-order valence-corrected chi connectivity index (χ0v) is 15.9. The van der Waals surface area contributed by atoms with E-state index in [0.717, 1.165) is 4.90 Å². The van der Waals surface area contributed by atoms with E-state index in [1.54, 1.807) is 26.0 Å². The molecule has 1 aromatic rings. The second kappa shape index (κ2) is 8.35. The molecule has 7 nitrogen and oxygen atoms in total. The number of nitrogens with one attached hydrogen (secondary N) is 1. The fourth-order valence-electron chi connectivity index (χ4n) is 2.16. The van der Waals surface area contributed by atoms with Gasteiger partial charge in [0.1, 0.15) is 5.70 Å². The van der Waals surface area contributed by atoms with Crippen LogP contribution in [-0.4, -0.2) is 42.6 Å². The Balaban J connectivity index is 2.20. The highest BCUT2D eigenvalue weighted by Gasteiger charge is 2.32. The number of amides is 3. The normalized spacial score (nSPS) is 15.5. The van der Waals surface area contributed by atoms with Crippen molar-refractivity contribution >= 4 is 51.5 Å². The number of benzene rings is 1. The van der Waals surface area contributed by atoms with Gasteiger partial charge in [0.2, 0.25) is 0 Å². The molecule has 3 amide bonds. The predicted molar refractivity (Wildman–Crippen MR) is 95.2 cm³/mol. The number of ether oxygens (including phenoxy) is 2. The molecular weight excluding hydrogens is 416 g/mol. The summed E-state index contributed by atoms with van der Waals surface area (Å²) < 4.78 is 10.6. The molecule has 134 valence electrons. The Hall–Kier alpha value is -2.06. The van der Waals surface area contributed by atoms with E-state index in [1.165, 1.54) is 6.08 Å². The molecule has 0 bridgehead atoms. The van der Waals surface area contributed by atoms with Crippen LogP contribution in [0.4, 0.5) is 4.79 Å². The minimum atomic E-state index is -0.504. The third-order valence-electron chi connectivity index (χ3n) is 3.25. The number of hydrogen-bond acceptors (Lipinski definition) is 5. The molecule has 25 heavy (non-hydrogen) atoms. The summed E-state index contributed by atoms with van der Waals surface area (Å²) in [5.74, 6) is -0.619.